The van der Waals surface area contributed by atoms with Gasteiger partial charge in [-0.3, -0.25) is 0 Å². The fourth-order valence-corrected chi connectivity index (χ4v) is 2.14. The summed E-state index contributed by atoms with van der Waals surface area (Å²) in [5.41, 5.74) is 0.609. The zero-order valence-corrected chi connectivity index (χ0v) is 9.80. The molecule has 1 N–H and O–H groups in total. The molecule has 1 saturated heterocycles. The molecule has 0 spiro atoms. The van der Waals surface area contributed by atoms with Gasteiger partial charge in [0.1, 0.15) is 11.9 Å². The van der Waals surface area contributed by atoms with E-state index < -0.39 is 0 Å². The Bertz CT molecular complexity index is 408. The lowest BCUT2D eigenvalue weighted by Crippen LogP contribution is -2.37. The summed E-state index contributed by atoms with van der Waals surface area (Å²) in [4.78, 5) is 17.9. The highest BCUT2D eigenvalue weighted by molar-refractivity contribution is 5.80. The maximum Gasteiger partial charge on any atom is 0.328 e. The Morgan fingerprint density at radius 1 is 1.65 bits per heavy atom. The molecule has 0 bridgehead atoms. The summed E-state index contributed by atoms with van der Waals surface area (Å²) in [5.74, 6) is 0.503. The molecule has 0 aliphatic carbocycles. The number of pyridine rings is 1. The number of rotatable bonds is 3. The van der Waals surface area contributed by atoms with Crippen LogP contribution in [0, 0.1) is 0 Å². The Labute approximate surface area is 100 Å². The van der Waals surface area contributed by atoms with E-state index in [1.807, 2.05) is 17.0 Å². The predicted molar refractivity (Wildman–Crippen MR) is 62.5 cm³/mol. The van der Waals surface area contributed by atoms with Crippen LogP contribution in [0.4, 0.5) is 5.82 Å². The van der Waals surface area contributed by atoms with E-state index in [9.17, 15) is 4.79 Å². The van der Waals surface area contributed by atoms with Crippen molar-refractivity contribution in [2.75, 3.05) is 18.6 Å². The van der Waals surface area contributed by atoms with Gasteiger partial charge in [-0.25, -0.2) is 9.78 Å². The summed E-state index contributed by atoms with van der Waals surface area (Å²) in [6.45, 7) is 0.701. The SMILES string of the molecule is COC(=O)[C@@H]1CCCN1c1cccc(CO)n1. The zero-order chi connectivity index (χ0) is 12.3. The van der Waals surface area contributed by atoms with Crippen molar-refractivity contribution in [1.29, 1.82) is 0 Å². The number of aromatic nitrogens is 1. The second kappa shape index (κ2) is 5.14. The van der Waals surface area contributed by atoms with E-state index in [0.29, 0.717) is 5.69 Å². The molecule has 2 rings (SSSR count). The molecular weight excluding hydrogens is 220 g/mol. The van der Waals surface area contributed by atoms with E-state index in [-0.39, 0.29) is 18.6 Å². The third kappa shape index (κ3) is 2.39. The second-order valence-electron chi connectivity index (χ2n) is 4.02. The zero-order valence-electron chi connectivity index (χ0n) is 9.80. The number of nitrogens with zero attached hydrogens (tertiary/aromatic N) is 2. The van der Waals surface area contributed by atoms with Gasteiger partial charge in [0.15, 0.2) is 0 Å². The molecule has 0 aromatic carbocycles. The lowest BCUT2D eigenvalue weighted by Gasteiger charge is -2.23. The highest BCUT2D eigenvalue weighted by atomic mass is 16.5. The van der Waals surface area contributed by atoms with Crippen molar-refractivity contribution in [1.82, 2.24) is 4.98 Å². The van der Waals surface area contributed by atoms with Crippen LogP contribution >= 0.6 is 0 Å². The van der Waals surface area contributed by atoms with Crippen molar-refractivity contribution in [3.8, 4) is 0 Å². The Morgan fingerprint density at radius 2 is 2.47 bits per heavy atom. The highest BCUT2D eigenvalue weighted by Crippen LogP contribution is 2.24. The van der Waals surface area contributed by atoms with Gasteiger partial charge < -0.3 is 14.7 Å². The van der Waals surface area contributed by atoms with Crippen molar-refractivity contribution in [3.63, 3.8) is 0 Å². The minimum absolute atomic E-state index is 0.0927. The lowest BCUT2D eigenvalue weighted by molar-refractivity contribution is -0.141. The Balaban J connectivity index is 2.22. The fraction of sp³-hybridized carbons (Fsp3) is 0.500. The Kier molecular flexibility index (Phi) is 3.58. The average molecular weight is 236 g/mol. The first-order chi connectivity index (χ1) is 8.26. The molecule has 0 amide bonds. The van der Waals surface area contributed by atoms with E-state index in [2.05, 4.69) is 4.98 Å². The van der Waals surface area contributed by atoms with Crippen LogP contribution in [0.15, 0.2) is 18.2 Å². The summed E-state index contributed by atoms with van der Waals surface area (Å²) in [5, 5.41) is 9.05. The van der Waals surface area contributed by atoms with Gasteiger partial charge in [-0.15, -0.1) is 0 Å². The molecule has 1 fully saturated rings. The summed E-state index contributed by atoms with van der Waals surface area (Å²) in [6.07, 6.45) is 1.74. The number of carbonyl (C=O) groups excluding carboxylic acids is 1. The fourth-order valence-electron chi connectivity index (χ4n) is 2.14. The van der Waals surface area contributed by atoms with Crippen LogP contribution in [0.2, 0.25) is 0 Å². The van der Waals surface area contributed by atoms with E-state index in [0.717, 1.165) is 25.2 Å². The first-order valence-corrected chi connectivity index (χ1v) is 5.67. The van der Waals surface area contributed by atoms with Gasteiger partial charge in [0.25, 0.3) is 0 Å². The van der Waals surface area contributed by atoms with Gasteiger partial charge in [-0.2, -0.15) is 0 Å². The first kappa shape index (κ1) is 11.9. The molecule has 0 unspecified atom stereocenters. The number of hydrogen-bond acceptors (Lipinski definition) is 5. The molecule has 5 nitrogen and oxygen atoms in total. The molecule has 1 aliphatic heterocycles. The summed E-state index contributed by atoms with van der Waals surface area (Å²) in [6, 6.07) is 5.19. The molecule has 5 heteroatoms. The van der Waals surface area contributed by atoms with Crippen molar-refractivity contribution < 1.29 is 14.6 Å². The summed E-state index contributed by atoms with van der Waals surface area (Å²) < 4.78 is 4.78. The molecule has 0 saturated carbocycles. The van der Waals surface area contributed by atoms with Gasteiger partial charge in [0.05, 0.1) is 19.4 Å². The lowest BCUT2D eigenvalue weighted by atomic mass is 10.2. The number of anilines is 1. The van der Waals surface area contributed by atoms with Crippen LogP contribution in [0.25, 0.3) is 0 Å². The standard InChI is InChI=1S/C12H16N2O3/c1-17-12(16)10-5-3-7-14(10)11-6-2-4-9(8-15)13-11/h2,4,6,10,15H,3,5,7-8H2,1H3/t10-/m0/s1. The van der Waals surface area contributed by atoms with E-state index >= 15 is 0 Å². The molecule has 92 valence electrons. The van der Waals surface area contributed by atoms with Crippen LogP contribution in [-0.4, -0.2) is 35.8 Å². The van der Waals surface area contributed by atoms with Gasteiger partial charge >= 0.3 is 5.97 Å². The van der Waals surface area contributed by atoms with Gasteiger partial charge in [0, 0.05) is 6.54 Å². The third-order valence-electron chi connectivity index (χ3n) is 2.97. The Hall–Kier alpha value is -1.62. The molecule has 0 radical (unpaired) electrons. The van der Waals surface area contributed by atoms with Crippen LogP contribution in [0.1, 0.15) is 18.5 Å². The minimum Gasteiger partial charge on any atom is -0.467 e. The number of methoxy groups -OCH3 is 1. The van der Waals surface area contributed by atoms with Crippen molar-refractivity contribution >= 4 is 11.8 Å². The first-order valence-electron chi connectivity index (χ1n) is 5.67. The Morgan fingerprint density at radius 3 is 3.18 bits per heavy atom. The molecule has 1 atom stereocenters. The van der Waals surface area contributed by atoms with E-state index in [4.69, 9.17) is 9.84 Å². The van der Waals surface area contributed by atoms with Crippen molar-refractivity contribution in [2.45, 2.75) is 25.5 Å². The molecule has 1 aromatic rings. The van der Waals surface area contributed by atoms with Crippen LogP contribution in [-0.2, 0) is 16.1 Å². The number of aliphatic hydroxyl groups is 1. The second-order valence-corrected chi connectivity index (χ2v) is 4.02. The minimum atomic E-state index is -0.249. The number of esters is 1. The topological polar surface area (TPSA) is 62.7 Å². The smallest absolute Gasteiger partial charge is 0.328 e. The molecule has 1 aliphatic rings. The summed E-state index contributed by atoms with van der Waals surface area (Å²) in [7, 11) is 1.40. The molecule has 17 heavy (non-hydrogen) atoms. The number of hydrogen-bond donors (Lipinski definition) is 1. The van der Waals surface area contributed by atoms with E-state index in [1.165, 1.54) is 7.11 Å². The van der Waals surface area contributed by atoms with Crippen LogP contribution in [0.5, 0.6) is 0 Å². The summed E-state index contributed by atoms with van der Waals surface area (Å²) >= 11 is 0. The van der Waals surface area contributed by atoms with Gasteiger partial charge in [-0.1, -0.05) is 6.07 Å². The maximum absolute atomic E-state index is 11.6. The third-order valence-corrected chi connectivity index (χ3v) is 2.97. The van der Waals surface area contributed by atoms with Crippen molar-refractivity contribution in [3.05, 3.63) is 23.9 Å². The van der Waals surface area contributed by atoms with E-state index in [1.54, 1.807) is 6.07 Å². The molecule has 2 heterocycles. The van der Waals surface area contributed by atoms with Gasteiger partial charge in [0.2, 0.25) is 0 Å². The van der Waals surface area contributed by atoms with Crippen molar-refractivity contribution in [2.24, 2.45) is 0 Å². The van der Waals surface area contributed by atoms with Crippen LogP contribution in [0.3, 0.4) is 0 Å². The molecular formula is C12H16N2O3. The number of ether oxygens (including phenoxy) is 1. The highest BCUT2D eigenvalue weighted by Gasteiger charge is 2.32. The predicted octanol–water partition coefficient (Wildman–Crippen LogP) is 0.716. The normalized spacial score (nSPS) is 19.4. The largest absolute Gasteiger partial charge is 0.467 e. The van der Waals surface area contributed by atoms with Crippen LogP contribution < -0.4 is 4.90 Å². The molecule has 1 aromatic heterocycles. The van der Waals surface area contributed by atoms with Gasteiger partial charge in [-0.05, 0) is 25.0 Å². The maximum atomic E-state index is 11.6. The average Bonchev–Trinajstić information content (AvgIpc) is 2.87. The monoisotopic (exact) mass is 236 g/mol. The number of aliphatic hydroxyl groups excluding tert-OH is 1. The number of carbonyl (C=O) groups is 1. The quantitative estimate of drug-likeness (QED) is 0.783.